The maximum Gasteiger partial charge on any atom is 0.471 e. The molecule has 0 N–H and O–H groups in total. The molecule has 1 atom stereocenters. The number of methoxy groups -OCH3 is 1. The van der Waals surface area contributed by atoms with Gasteiger partial charge in [-0.25, -0.2) is 13.4 Å². The summed E-state index contributed by atoms with van der Waals surface area (Å²) in [4.78, 5) is 7.50. The van der Waals surface area contributed by atoms with Crippen LogP contribution in [-0.4, -0.2) is 54.2 Å². The van der Waals surface area contributed by atoms with Gasteiger partial charge in [0, 0.05) is 24.4 Å². The number of hydrogen-bond donors (Lipinski definition) is 0. The van der Waals surface area contributed by atoms with E-state index in [9.17, 15) is 21.6 Å². The van der Waals surface area contributed by atoms with Gasteiger partial charge in [0.15, 0.2) is 0 Å². The van der Waals surface area contributed by atoms with E-state index in [4.69, 9.17) is 9.47 Å². The molecule has 1 fully saturated rings. The first-order valence-electron chi connectivity index (χ1n) is 9.35. The number of aromatic nitrogens is 3. The second-order valence-electron chi connectivity index (χ2n) is 6.87. The predicted octanol–water partition coefficient (Wildman–Crippen LogP) is 3.00. The summed E-state index contributed by atoms with van der Waals surface area (Å²) < 4.78 is 79.7. The number of ether oxygens (including phenoxy) is 2. The van der Waals surface area contributed by atoms with Crippen molar-refractivity contribution in [2.75, 3.05) is 20.2 Å². The molecule has 4 rings (SSSR count). The summed E-state index contributed by atoms with van der Waals surface area (Å²) in [6.07, 6.45) is -3.45. The van der Waals surface area contributed by atoms with E-state index >= 15 is 0 Å². The van der Waals surface area contributed by atoms with Crippen molar-refractivity contribution in [1.82, 2.24) is 19.4 Å². The predicted molar refractivity (Wildman–Crippen MR) is 103 cm³/mol. The number of nitrogens with zero attached hydrogens (tertiary/aromatic N) is 4. The molecule has 1 saturated heterocycles. The van der Waals surface area contributed by atoms with Crippen LogP contribution in [0.1, 0.15) is 12.3 Å². The van der Waals surface area contributed by atoms with Crippen LogP contribution in [-0.2, 0) is 16.2 Å². The Morgan fingerprint density at radius 2 is 1.91 bits per heavy atom. The first-order valence-corrected chi connectivity index (χ1v) is 10.8. The van der Waals surface area contributed by atoms with Crippen LogP contribution in [0, 0.1) is 0 Å². The van der Waals surface area contributed by atoms with Gasteiger partial charge in [-0.1, -0.05) is 5.16 Å². The smallest absolute Gasteiger partial charge is 0.471 e. The molecule has 3 heterocycles. The van der Waals surface area contributed by atoms with Gasteiger partial charge in [-0.3, -0.25) is 0 Å². The van der Waals surface area contributed by atoms with Crippen molar-refractivity contribution in [1.29, 1.82) is 0 Å². The van der Waals surface area contributed by atoms with Crippen LogP contribution in [0.5, 0.6) is 11.6 Å². The fourth-order valence-corrected chi connectivity index (χ4v) is 4.60. The van der Waals surface area contributed by atoms with E-state index in [1.165, 1.54) is 41.9 Å². The van der Waals surface area contributed by atoms with E-state index in [1.54, 1.807) is 12.1 Å². The van der Waals surface area contributed by atoms with Crippen LogP contribution in [0.2, 0.25) is 0 Å². The summed E-state index contributed by atoms with van der Waals surface area (Å²) in [7, 11) is -2.19. The third-order valence-corrected chi connectivity index (χ3v) is 6.63. The van der Waals surface area contributed by atoms with Gasteiger partial charge in [-0.15, -0.1) is 0 Å². The van der Waals surface area contributed by atoms with Gasteiger partial charge in [-0.05, 0) is 36.8 Å². The third-order valence-electron chi connectivity index (χ3n) is 4.76. The molecule has 9 nitrogen and oxygen atoms in total. The molecule has 1 aromatic carbocycles. The fourth-order valence-electron chi connectivity index (χ4n) is 3.12. The van der Waals surface area contributed by atoms with E-state index in [-0.39, 0.29) is 35.3 Å². The zero-order valence-electron chi connectivity index (χ0n) is 16.6. The number of hydrogen-bond acceptors (Lipinski definition) is 8. The highest BCUT2D eigenvalue weighted by atomic mass is 32.2. The summed E-state index contributed by atoms with van der Waals surface area (Å²) >= 11 is 0. The van der Waals surface area contributed by atoms with Crippen molar-refractivity contribution < 1.29 is 35.6 Å². The lowest BCUT2D eigenvalue weighted by atomic mass is 10.2. The van der Waals surface area contributed by atoms with Crippen molar-refractivity contribution in [2.45, 2.75) is 23.6 Å². The Bertz CT molecular complexity index is 1180. The maximum absolute atomic E-state index is 12.8. The van der Waals surface area contributed by atoms with Crippen LogP contribution in [0.4, 0.5) is 13.2 Å². The van der Waals surface area contributed by atoms with E-state index in [0.717, 1.165) is 0 Å². The van der Waals surface area contributed by atoms with Crippen LogP contribution in [0.3, 0.4) is 0 Å². The van der Waals surface area contributed by atoms with E-state index in [0.29, 0.717) is 12.2 Å². The molecule has 13 heteroatoms. The molecular formula is C19H17F3N4O5S. The summed E-state index contributed by atoms with van der Waals surface area (Å²) in [5, 5.41) is 3.29. The Morgan fingerprint density at radius 3 is 2.50 bits per heavy atom. The molecule has 0 aliphatic carbocycles. The molecule has 0 radical (unpaired) electrons. The SMILES string of the molecule is COc1ccc(S(=O)(=O)N2CCC(Oc3ccc(-c4noc(C(F)(F)F)n4)cn3)C2)cc1. The summed E-state index contributed by atoms with van der Waals surface area (Å²) in [6, 6.07) is 8.98. The number of alkyl halides is 3. The van der Waals surface area contributed by atoms with E-state index < -0.39 is 28.2 Å². The highest BCUT2D eigenvalue weighted by molar-refractivity contribution is 7.89. The highest BCUT2D eigenvalue weighted by Crippen LogP contribution is 2.30. The van der Waals surface area contributed by atoms with Gasteiger partial charge in [0.05, 0.1) is 18.6 Å². The molecule has 0 bridgehead atoms. The molecule has 2 aromatic heterocycles. The quantitative estimate of drug-likeness (QED) is 0.541. The number of sulfonamides is 1. The number of benzene rings is 1. The topological polar surface area (TPSA) is 108 Å². The second kappa shape index (κ2) is 8.39. The van der Waals surface area contributed by atoms with Crippen LogP contribution in [0.25, 0.3) is 11.4 Å². The minimum atomic E-state index is -4.73. The lowest BCUT2D eigenvalue weighted by Crippen LogP contribution is -2.31. The normalized spacial score (nSPS) is 17.4. The van der Waals surface area contributed by atoms with Crippen molar-refractivity contribution in [2.24, 2.45) is 0 Å². The monoisotopic (exact) mass is 470 g/mol. The number of halogens is 3. The van der Waals surface area contributed by atoms with Gasteiger partial charge in [0.25, 0.3) is 0 Å². The maximum atomic E-state index is 12.8. The first kappa shape index (κ1) is 22.0. The van der Waals surface area contributed by atoms with Crippen LogP contribution >= 0.6 is 0 Å². The minimum Gasteiger partial charge on any atom is -0.497 e. The van der Waals surface area contributed by atoms with Gasteiger partial charge < -0.3 is 14.0 Å². The van der Waals surface area contributed by atoms with E-state index in [2.05, 4.69) is 19.6 Å². The fraction of sp³-hybridized carbons (Fsp3) is 0.316. The third kappa shape index (κ3) is 4.53. The Morgan fingerprint density at radius 1 is 1.16 bits per heavy atom. The molecule has 32 heavy (non-hydrogen) atoms. The largest absolute Gasteiger partial charge is 0.497 e. The molecule has 0 saturated carbocycles. The number of pyridine rings is 1. The molecule has 0 amide bonds. The van der Waals surface area contributed by atoms with Gasteiger partial charge >= 0.3 is 12.1 Å². The van der Waals surface area contributed by atoms with Crippen molar-refractivity contribution in [3.05, 3.63) is 48.5 Å². The summed E-state index contributed by atoms with van der Waals surface area (Å²) in [5.41, 5.74) is 0.215. The Balaban J connectivity index is 1.39. The lowest BCUT2D eigenvalue weighted by Gasteiger charge is -2.17. The molecule has 0 spiro atoms. The lowest BCUT2D eigenvalue weighted by molar-refractivity contribution is -0.159. The molecule has 1 aliphatic rings. The average molecular weight is 470 g/mol. The molecule has 1 unspecified atom stereocenters. The molecule has 170 valence electrons. The van der Waals surface area contributed by atoms with Gasteiger partial charge in [-0.2, -0.15) is 22.5 Å². The molecular weight excluding hydrogens is 453 g/mol. The summed E-state index contributed by atoms with van der Waals surface area (Å²) in [6.45, 7) is 0.414. The van der Waals surface area contributed by atoms with Crippen molar-refractivity contribution in [3.8, 4) is 23.0 Å². The minimum absolute atomic E-state index is 0.136. The summed E-state index contributed by atoms with van der Waals surface area (Å²) in [5.74, 6) is -0.954. The van der Waals surface area contributed by atoms with Gasteiger partial charge in [0.1, 0.15) is 11.9 Å². The molecule has 3 aromatic rings. The van der Waals surface area contributed by atoms with Crippen molar-refractivity contribution >= 4 is 10.0 Å². The Kier molecular flexibility index (Phi) is 5.77. The zero-order valence-corrected chi connectivity index (χ0v) is 17.4. The van der Waals surface area contributed by atoms with Crippen LogP contribution in [0.15, 0.2) is 52.0 Å². The molecule has 1 aliphatic heterocycles. The highest BCUT2D eigenvalue weighted by Gasteiger charge is 2.38. The first-order chi connectivity index (χ1) is 15.2. The Hall–Kier alpha value is -3.19. The van der Waals surface area contributed by atoms with Crippen molar-refractivity contribution in [3.63, 3.8) is 0 Å². The Labute approximate surface area is 180 Å². The van der Waals surface area contributed by atoms with Gasteiger partial charge in [0.2, 0.25) is 21.7 Å². The number of rotatable bonds is 6. The standard InChI is InChI=1S/C19H17F3N4O5S/c1-29-13-3-5-15(6-4-13)32(27,28)26-9-8-14(11-26)30-16-7-2-12(10-23-16)17-24-18(31-25-17)19(20,21)22/h2-7,10,14H,8-9,11H2,1H3. The van der Waals surface area contributed by atoms with Crippen LogP contribution < -0.4 is 9.47 Å². The second-order valence-corrected chi connectivity index (χ2v) is 8.81. The average Bonchev–Trinajstić information content (AvgIpc) is 3.45. The van der Waals surface area contributed by atoms with E-state index in [1.807, 2.05) is 0 Å². The zero-order chi connectivity index (χ0) is 22.9.